The molecule has 16 nitrogen and oxygen atoms in total. The number of anilines is 1. The number of aromatic hydroxyl groups is 2. The van der Waals surface area contributed by atoms with Crippen molar-refractivity contribution in [2.75, 3.05) is 18.9 Å². The van der Waals surface area contributed by atoms with E-state index in [1.165, 1.54) is 15.5 Å². The molecule has 0 spiro atoms. The number of hydrogen-bond donors (Lipinski definition) is 5. The highest BCUT2D eigenvalue weighted by Crippen LogP contribution is 2.38. The normalized spacial score (nSPS) is 15.5. The third kappa shape index (κ3) is 7.05. The van der Waals surface area contributed by atoms with Gasteiger partial charge in [0.2, 0.25) is 23.6 Å². The summed E-state index contributed by atoms with van der Waals surface area (Å²) >= 11 is 0. The van der Waals surface area contributed by atoms with Crippen LogP contribution >= 0.6 is 0 Å². The summed E-state index contributed by atoms with van der Waals surface area (Å²) in [6, 6.07) is 14.4. The maximum atomic E-state index is 13.1. The van der Waals surface area contributed by atoms with Crippen molar-refractivity contribution in [1.82, 2.24) is 34.4 Å². The molecule has 1 unspecified atom stereocenters. The predicted molar refractivity (Wildman–Crippen MR) is 201 cm³/mol. The zero-order valence-electron chi connectivity index (χ0n) is 30.5. The average Bonchev–Trinajstić information content (AvgIpc) is 3.84. The molecule has 3 aromatic carbocycles. The number of carbonyl (C=O) groups excluding carboxylic acids is 5. The van der Waals surface area contributed by atoms with Crippen LogP contribution < -0.4 is 16.3 Å². The van der Waals surface area contributed by atoms with Gasteiger partial charge in [-0.2, -0.15) is 5.10 Å². The van der Waals surface area contributed by atoms with Gasteiger partial charge in [-0.1, -0.05) is 19.9 Å². The first-order valence-corrected chi connectivity index (χ1v) is 17.9. The number of hydrogen-bond acceptors (Lipinski definition) is 9. The molecule has 1 saturated heterocycles. The maximum absolute atomic E-state index is 13.1. The van der Waals surface area contributed by atoms with Crippen molar-refractivity contribution in [3.05, 3.63) is 88.0 Å². The number of phenols is 2. The van der Waals surface area contributed by atoms with Gasteiger partial charge in [-0.25, -0.2) is 14.5 Å². The monoisotopic (exact) mass is 748 g/mol. The molecule has 0 radical (unpaired) electrons. The van der Waals surface area contributed by atoms with E-state index >= 15 is 0 Å². The number of rotatable bonds is 11. The second-order valence-corrected chi connectivity index (χ2v) is 14.1. The van der Waals surface area contributed by atoms with Gasteiger partial charge < -0.3 is 29.9 Å². The van der Waals surface area contributed by atoms with Crippen LogP contribution in [0.2, 0.25) is 0 Å². The van der Waals surface area contributed by atoms with Gasteiger partial charge in [-0.15, -0.1) is 0 Å². The summed E-state index contributed by atoms with van der Waals surface area (Å²) in [5, 5.41) is 33.5. The Morgan fingerprint density at radius 2 is 1.80 bits per heavy atom. The standard InChI is InChI=1S/C39H40N8O8/c1-21(2)25-18-26(32(49)19-31(25)48)36-42-43-39(55)47(36)23-7-8-29-22(17-23)13-14-45(29)16-15-44(3)35(52)12-11-33(50)40-28-6-4-5-24-27(28)20-46(38(24)54)30-9-10-34(51)41-37(30)53/h4-8,13-14,17-19,21,30,48-49H,9-12,15-16,20H2,1-3H3,(H,40,50)(H,43,55)(H,41,51,53). The molecule has 16 heteroatoms. The van der Waals surface area contributed by atoms with Gasteiger partial charge >= 0.3 is 5.69 Å². The largest absolute Gasteiger partial charge is 0.508 e. The molecule has 2 aliphatic heterocycles. The molecule has 5 amide bonds. The number of imide groups is 1. The molecule has 0 saturated carbocycles. The van der Waals surface area contributed by atoms with Crippen LogP contribution in [0.1, 0.15) is 66.9 Å². The second-order valence-electron chi connectivity index (χ2n) is 14.1. The molecule has 0 bridgehead atoms. The molecular formula is C39H40N8O8. The topological polar surface area (TPSA) is 212 Å². The SMILES string of the molecule is CC(C)c1cc(-c2n[nH]c(=O)n2-c2ccc3c(ccn3CCN(C)C(=O)CCC(=O)Nc3cccc4c3CN(C3CCC(=O)NC3=O)C4=O)c2)c(O)cc1O. The number of carbonyl (C=O) groups is 5. The molecule has 2 aliphatic rings. The van der Waals surface area contributed by atoms with Crippen LogP contribution in [0.5, 0.6) is 11.5 Å². The summed E-state index contributed by atoms with van der Waals surface area (Å²) in [7, 11) is 1.67. The van der Waals surface area contributed by atoms with Gasteiger partial charge in [0, 0.05) is 85.9 Å². The third-order valence-corrected chi connectivity index (χ3v) is 10.2. The molecule has 7 rings (SSSR count). The third-order valence-electron chi connectivity index (χ3n) is 10.2. The molecule has 55 heavy (non-hydrogen) atoms. The Hall–Kier alpha value is -6.71. The lowest BCUT2D eigenvalue weighted by molar-refractivity contribution is -0.137. The zero-order chi connectivity index (χ0) is 39.1. The van der Waals surface area contributed by atoms with Crippen molar-refractivity contribution >= 4 is 46.1 Å². The smallest absolute Gasteiger partial charge is 0.348 e. The molecular weight excluding hydrogens is 708 g/mol. The van der Waals surface area contributed by atoms with E-state index in [2.05, 4.69) is 20.8 Å². The Morgan fingerprint density at radius 3 is 2.56 bits per heavy atom. The van der Waals surface area contributed by atoms with Crippen LogP contribution in [0.15, 0.2) is 65.6 Å². The van der Waals surface area contributed by atoms with Crippen molar-refractivity contribution in [3.8, 4) is 28.6 Å². The Labute approximate surface area is 314 Å². The maximum Gasteiger partial charge on any atom is 0.348 e. The van der Waals surface area contributed by atoms with E-state index in [4.69, 9.17) is 0 Å². The number of nitrogens with zero attached hydrogens (tertiary/aromatic N) is 5. The highest BCUT2D eigenvalue weighted by atomic mass is 16.3. The molecule has 0 aliphatic carbocycles. The van der Waals surface area contributed by atoms with Gasteiger partial charge in [0.1, 0.15) is 17.5 Å². The van der Waals surface area contributed by atoms with Gasteiger partial charge in [-0.3, -0.25) is 29.3 Å². The van der Waals surface area contributed by atoms with E-state index in [-0.39, 0.29) is 73.2 Å². The van der Waals surface area contributed by atoms with E-state index < -0.39 is 23.5 Å². The quantitative estimate of drug-likeness (QED) is 0.125. The molecule has 5 N–H and O–H groups in total. The lowest BCUT2D eigenvalue weighted by atomic mass is 9.98. The molecule has 1 fully saturated rings. The summed E-state index contributed by atoms with van der Waals surface area (Å²) in [4.78, 5) is 79.0. The fraction of sp³-hybridized carbons (Fsp3) is 0.308. The summed E-state index contributed by atoms with van der Waals surface area (Å²) in [6.07, 6.45) is 2.13. The number of aromatic amines is 1. The Morgan fingerprint density at radius 1 is 1.00 bits per heavy atom. The predicted octanol–water partition coefficient (Wildman–Crippen LogP) is 3.36. The number of fused-ring (bicyclic) bond motifs is 2. The van der Waals surface area contributed by atoms with Crippen molar-refractivity contribution < 1.29 is 34.2 Å². The number of aromatic nitrogens is 4. The van der Waals surface area contributed by atoms with Crippen LogP contribution in [-0.4, -0.2) is 88.5 Å². The number of phenolic OH excluding ortho intramolecular Hbond substituents is 2. The van der Waals surface area contributed by atoms with E-state index in [0.717, 1.165) is 10.9 Å². The Kier molecular flexibility index (Phi) is 9.73. The summed E-state index contributed by atoms with van der Waals surface area (Å²) in [5.41, 5.74) is 3.16. The summed E-state index contributed by atoms with van der Waals surface area (Å²) in [5.74, 6) is -1.97. The van der Waals surface area contributed by atoms with Crippen molar-refractivity contribution in [2.24, 2.45) is 0 Å². The van der Waals surface area contributed by atoms with Crippen molar-refractivity contribution in [3.63, 3.8) is 0 Å². The highest BCUT2D eigenvalue weighted by Gasteiger charge is 2.40. The van der Waals surface area contributed by atoms with Crippen LogP contribution in [0.4, 0.5) is 5.69 Å². The van der Waals surface area contributed by atoms with Crippen LogP contribution in [0.3, 0.4) is 0 Å². The fourth-order valence-electron chi connectivity index (χ4n) is 7.18. The van der Waals surface area contributed by atoms with Crippen molar-refractivity contribution in [2.45, 2.75) is 64.6 Å². The minimum Gasteiger partial charge on any atom is -0.508 e. The van der Waals surface area contributed by atoms with E-state index in [1.807, 2.05) is 42.8 Å². The fourth-order valence-corrected chi connectivity index (χ4v) is 7.18. The number of benzene rings is 3. The average molecular weight is 749 g/mol. The minimum absolute atomic E-state index is 0.0362. The Bertz CT molecular complexity index is 2440. The minimum atomic E-state index is -0.773. The molecule has 1 atom stereocenters. The van der Waals surface area contributed by atoms with Crippen LogP contribution in [0, 0.1) is 0 Å². The highest BCUT2D eigenvalue weighted by molar-refractivity contribution is 6.07. The van der Waals surface area contributed by atoms with Gasteiger partial charge in [0.05, 0.1) is 11.3 Å². The van der Waals surface area contributed by atoms with Crippen molar-refractivity contribution in [1.29, 1.82) is 0 Å². The zero-order valence-corrected chi connectivity index (χ0v) is 30.5. The summed E-state index contributed by atoms with van der Waals surface area (Å²) in [6.45, 7) is 4.75. The first-order chi connectivity index (χ1) is 26.3. The van der Waals surface area contributed by atoms with Crippen LogP contribution in [0.25, 0.3) is 28.0 Å². The lowest BCUT2D eigenvalue weighted by Crippen LogP contribution is -2.52. The number of likely N-dealkylation sites (N-methyl/N-ethyl adjacent to an activating group) is 1. The van der Waals surface area contributed by atoms with E-state index in [1.54, 1.807) is 42.3 Å². The summed E-state index contributed by atoms with van der Waals surface area (Å²) < 4.78 is 3.33. The van der Waals surface area contributed by atoms with Gasteiger partial charge in [0.15, 0.2) is 5.82 Å². The molecule has 2 aromatic heterocycles. The van der Waals surface area contributed by atoms with Crippen LogP contribution in [-0.2, 0) is 32.3 Å². The number of H-pyrrole nitrogens is 1. The molecule has 4 heterocycles. The number of piperidine rings is 1. The van der Waals surface area contributed by atoms with Gasteiger partial charge in [0.25, 0.3) is 5.91 Å². The molecule has 284 valence electrons. The van der Waals surface area contributed by atoms with E-state index in [9.17, 15) is 39.0 Å². The number of nitrogens with one attached hydrogen (secondary N) is 3. The first kappa shape index (κ1) is 36.6. The first-order valence-electron chi connectivity index (χ1n) is 17.9. The molecule has 5 aromatic rings. The lowest BCUT2D eigenvalue weighted by Gasteiger charge is -2.29. The van der Waals surface area contributed by atoms with E-state index in [0.29, 0.717) is 46.7 Å². The Balaban J connectivity index is 0.960. The second kappa shape index (κ2) is 14.6. The van der Waals surface area contributed by atoms with Gasteiger partial charge in [-0.05, 0) is 60.4 Å². The number of amides is 5.